The number of benzene rings is 4. The van der Waals surface area contributed by atoms with Gasteiger partial charge in [-0.25, -0.2) is 9.59 Å². The second kappa shape index (κ2) is 29.4. The van der Waals surface area contributed by atoms with Gasteiger partial charge in [0, 0.05) is 11.1 Å². The van der Waals surface area contributed by atoms with Crippen molar-refractivity contribution in [3.05, 3.63) is 155 Å². The van der Waals surface area contributed by atoms with E-state index in [1.807, 2.05) is 107 Å². The average molecular weight is 965 g/mol. The zero-order valence-electron chi connectivity index (χ0n) is 42.5. The van der Waals surface area contributed by atoms with Crippen molar-refractivity contribution >= 4 is 27.0 Å². The van der Waals surface area contributed by atoms with E-state index in [4.69, 9.17) is 18.9 Å². The molecule has 1 aliphatic heterocycles. The number of fused-ring (bicyclic) bond motifs is 2. The second-order valence-electron chi connectivity index (χ2n) is 18.6. The third-order valence-corrected chi connectivity index (χ3v) is 12.6. The fourth-order valence-electron chi connectivity index (χ4n) is 8.41. The lowest BCUT2D eigenvalue weighted by Crippen LogP contribution is -2.72. The van der Waals surface area contributed by atoms with Crippen LogP contribution in [0.5, 0.6) is 23.0 Å². The number of hydrogen-bond acceptors (Lipinski definition) is 6. The molecule has 7 rings (SSSR count). The van der Waals surface area contributed by atoms with Crippen molar-refractivity contribution < 1.29 is 37.7 Å². The lowest BCUT2D eigenvalue weighted by atomic mass is 10.1. The molecule has 0 aliphatic carbocycles. The summed E-state index contributed by atoms with van der Waals surface area (Å²) in [5, 5.41) is 0. The number of esters is 2. The van der Waals surface area contributed by atoms with Gasteiger partial charge in [-0.2, -0.15) is 9.19 Å². The Bertz CT molecular complexity index is 2500. The first-order valence-electron chi connectivity index (χ1n) is 26.5. The first-order valence-corrected chi connectivity index (χ1v) is 26.5. The Kier molecular flexibility index (Phi) is 21.6. The van der Waals surface area contributed by atoms with Crippen LogP contribution in [0.25, 0.3) is 0 Å². The summed E-state index contributed by atoms with van der Waals surface area (Å²) >= 11 is 0. The quantitative estimate of drug-likeness (QED) is 0.0160. The molecule has 0 saturated heterocycles. The molecule has 0 unspecified atom stereocenters. The van der Waals surface area contributed by atoms with Crippen molar-refractivity contribution in [3.63, 3.8) is 0 Å². The van der Waals surface area contributed by atoms with E-state index in [1.165, 1.54) is 116 Å². The van der Waals surface area contributed by atoms with E-state index >= 15 is 0 Å². The molecule has 370 valence electrons. The smallest absolute Gasteiger partial charge is 0.494 e. The number of nitrogens with zero attached hydrogens (tertiary/aromatic N) is 4. The predicted molar refractivity (Wildman–Crippen MR) is 285 cm³/mol. The van der Waals surface area contributed by atoms with Gasteiger partial charge in [0.05, 0.1) is 36.7 Å². The van der Waals surface area contributed by atoms with Crippen molar-refractivity contribution in [2.75, 3.05) is 13.2 Å². The zero-order valence-corrected chi connectivity index (χ0v) is 42.5. The average Bonchev–Trinajstić information content (AvgIpc) is 4.00. The minimum atomic E-state index is -0.425. The summed E-state index contributed by atoms with van der Waals surface area (Å²) < 4.78 is 30.8. The molecular weight excluding hydrogens is 894 g/mol. The lowest BCUT2D eigenvalue weighted by molar-refractivity contribution is -0.742. The van der Waals surface area contributed by atoms with E-state index in [1.54, 1.807) is 48.5 Å². The number of aromatic nitrogens is 4. The highest BCUT2D eigenvalue weighted by atomic mass is 16.5. The fourth-order valence-corrected chi connectivity index (χ4v) is 8.41. The third-order valence-electron chi connectivity index (χ3n) is 12.6. The molecule has 0 saturated carbocycles. The first kappa shape index (κ1) is 52.9. The molecule has 72 heavy (non-hydrogen) atoms. The molecular formula is C60H70B2N4O6+2. The van der Waals surface area contributed by atoms with Gasteiger partial charge in [-0.15, -0.1) is 9.19 Å². The molecule has 12 heteroatoms. The normalized spacial score (nSPS) is 11.1. The first-order chi connectivity index (χ1) is 35.4. The standard InChI is InChI=1S/C60H70B2N4O6/c1-3-5-7-9-11-13-15-17-19-21-43-69-55-39-31-53(32-40-55)59(67)71-57-35-27-49(28-36-57)23-25-51-45-63-61-65-47-52(48-66(65)62-64(63)46-51)26-24-50-29-37-58(38-30-50)72-60(68)54-33-41-56(42-34-54)70-44-22-20-18-16-14-12-10-8-6-4-2/h27-42,45-48H,3-22,43-44H2,1-2H3/q+2. The molecule has 0 spiro atoms. The summed E-state index contributed by atoms with van der Waals surface area (Å²) in [5.41, 5.74) is 4.16. The molecule has 1 aliphatic rings. The van der Waals surface area contributed by atoms with Crippen molar-refractivity contribution in [1.82, 2.24) is 9.19 Å². The number of rotatable bonds is 28. The highest BCUT2D eigenvalue weighted by molar-refractivity contribution is 6.32. The van der Waals surface area contributed by atoms with Crippen LogP contribution in [0.3, 0.4) is 0 Å². The summed E-state index contributed by atoms with van der Waals surface area (Å²) in [6.07, 6.45) is 33.5. The molecule has 6 aromatic rings. The van der Waals surface area contributed by atoms with Crippen LogP contribution in [0.15, 0.2) is 122 Å². The minimum Gasteiger partial charge on any atom is -0.494 e. The van der Waals surface area contributed by atoms with Gasteiger partial charge in [0.2, 0.25) is 0 Å². The van der Waals surface area contributed by atoms with Crippen LogP contribution in [-0.2, 0) is 0 Å². The molecule has 4 aromatic carbocycles. The summed E-state index contributed by atoms with van der Waals surface area (Å²) in [6.45, 7) is 5.88. The number of carbonyl (C=O) groups excluding carboxylic acids is 2. The van der Waals surface area contributed by atoms with Crippen LogP contribution in [0.4, 0.5) is 0 Å². The van der Waals surface area contributed by atoms with E-state index in [-0.39, 0.29) is 0 Å². The molecule has 0 atom stereocenters. The lowest BCUT2D eigenvalue weighted by Gasteiger charge is -2.08. The maximum Gasteiger partial charge on any atom is 1.04 e. The van der Waals surface area contributed by atoms with Crippen LogP contribution in [0, 0.1) is 23.7 Å². The van der Waals surface area contributed by atoms with Gasteiger partial charge in [-0.05, 0) is 110 Å². The zero-order chi connectivity index (χ0) is 50.0. The summed E-state index contributed by atoms with van der Waals surface area (Å²) in [5.74, 6) is 14.4. The Morgan fingerprint density at radius 3 is 1.10 bits per heavy atom. The minimum absolute atomic E-state index is 0.425. The molecule has 0 amide bonds. The Hall–Kier alpha value is -6.91. The van der Waals surface area contributed by atoms with Crippen molar-refractivity contribution in [1.29, 1.82) is 0 Å². The predicted octanol–water partition coefficient (Wildman–Crippen LogP) is 11.9. The second-order valence-corrected chi connectivity index (χ2v) is 18.6. The van der Waals surface area contributed by atoms with Crippen LogP contribution in [-0.4, -0.2) is 49.4 Å². The Morgan fingerprint density at radius 1 is 0.417 bits per heavy atom. The molecule has 0 fully saturated rings. The van der Waals surface area contributed by atoms with Crippen molar-refractivity contribution in [2.24, 2.45) is 0 Å². The number of carbonyl (C=O) groups is 2. The number of unbranched alkanes of at least 4 members (excludes halogenated alkanes) is 18. The topological polar surface area (TPSA) is 88.7 Å². The van der Waals surface area contributed by atoms with Crippen LogP contribution < -0.4 is 28.1 Å². The fraction of sp³-hybridized carbons (Fsp3) is 0.400. The Balaban J connectivity index is 0.788. The molecule has 0 N–H and O–H groups in total. The van der Waals surface area contributed by atoms with Gasteiger partial charge >= 0.3 is 27.0 Å². The summed E-state index contributed by atoms with van der Waals surface area (Å²) in [4.78, 5) is 25.7. The summed E-state index contributed by atoms with van der Waals surface area (Å²) in [6, 6.07) is 28.6. The van der Waals surface area contributed by atoms with Crippen LogP contribution in [0.1, 0.15) is 185 Å². The van der Waals surface area contributed by atoms with Crippen LogP contribution >= 0.6 is 0 Å². The van der Waals surface area contributed by atoms with E-state index in [2.05, 4.69) is 37.5 Å². The van der Waals surface area contributed by atoms with Gasteiger partial charge in [0.25, 0.3) is 0 Å². The molecule has 0 bridgehead atoms. The van der Waals surface area contributed by atoms with E-state index in [0.29, 0.717) is 35.8 Å². The van der Waals surface area contributed by atoms with Gasteiger partial charge in [0.1, 0.15) is 34.1 Å². The Labute approximate surface area is 429 Å². The highest BCUT2D eigenvalue weighted by Gasteiger charge is 2.40. The maximum atomic E-state index is 12.9. The molecule has 2 radical (unpaired) electrons. The van der Waals surface area contributed by atoms with Crippen molar-refractivity contribution in [3.8, 4) is 46.7 Å². The molecule has 2 aromatic heterocycles. The molecule has 10 nitrogen and oxygen atoms in total. The number of ether oxygens (including phenoxy) is 4. The largest absolute Gasteiger partial charge is 1.04 e. The SMILES string of the molecule is CCCCCCCCCCCCOc1ccc(C(=O)Oc2ccc(C#Cc3cn4[n+](c3)[B][n+]3cc(C#Cc5ccc(OC(=O)c6ccc(OCCCCCCCCCCCC)cc6)cc5)cn3[B]4)cc2)cc1. The van der Waals surface area contributed by atoms with Gasteiger partial charge < -0.3 is 18.9 Å². The van der Waals surface area contributed by atoms with Gasteiger partial charge in [0.15, 0.2) is 12.4 Å². The van der Waals surface area contributed by atoms with Crippen molar-refractivity contribution in [2.45, 2.75) is 142 Å². The Morgan fingerprint density at radius 2 is 0.736 bits per heavy atom. The number of hydrogen-bond donors (Lipinski definition) is 0. The van der Waals surface area contributed by atoms with Crippen LogP contribution in [0.2, 0.25) is 0 Å². The maximum absolute atomic E-state index is 12.9. The van der Waals surface area contributed by atoms with Gasteiger partial charge in [-0.3, -0.25) is 0 Å². The van der Waals surface area contributed by atoms with Gasteiger partial charge in [-0.1, -0.05) is 153 Å². The molecule has 3 heterocycles. The monoisotopic (exact) mass is 965 g/mol. The van der Waals surface area contributed by atoms with E-state index in [9.17, 15) is 9.59 Å². The highest BCUT2D eigenvalue weighted by Crippen LogP contribution is 2.20. The summed E-state index contributed by atoms with van der Waals surface area (Å²) in [7, 11) is 3.87. The van der Waals surface area contributed by atoms with E-state index in [0.717, 1.165) is 46.6 Å². The van der Waals surface area contributed by atoms with E-state index < -0.39 is 11.9 Å². The third kappa shape index (κ3) is 17.7.